The van der Waals surface area contributed by atoms with Gasteiger partial charge in [-0.15, -0.1) is 11.3 Å². The van der Waals surface area contributed by atoms with Crippen LogP contribution in [0.2, 0.25) is 4.34 Å². The van der Waals surface area contributed by atoms with E-state index in [0.717, 1.165) is 17.8 Å². The lowest BCUT2D eigenvalue weighted by Gasteiger charge is -2.23. The van der Waals surface area contributed by atoms with Gasteiger partial charge >= 0.3 is 0 Å². The van der Waals surface area contributed by atoms with E-state index in [0.29, 0.717) is 4.34 Å². The van der Waals surface area contributed by atoms with E-state index in [2.05, 4.69) is 17.0 Å². The molecule has 0 radical (unpaired) electrons. The van der Waals surface area contributed by atoms with Crippen molar-refractivity contribution in [1.29, 1.82) is 0 Å². The molecule has 1 atom stereocenters. The molecular weight excluding hydrogens is 290 g/mol. The molecule has 1 aromatic carbocycles. The van der Waals surface area contributed by atoms with E-state index < -0.39 is 0 Å². The van der Waals surface area contributed by atoms with Gasteiger partial charge in [0.05, 0.1) is 15.3 Å². The van der Waals surface area contributed by atoms with Crippen LogP contribution < -0.4 is 0 Å². The fourth-order valence-electron chi connectivity index (χ4n) is 2.00. The molecule has 1 unspecified atom stereocenters. The summed E-state index contributed by atoms with van der Waals surface area (Å²) in [6, 6.07) is 13.8. The summed E-state index contributed by atoms with van der Waals surface area (Å²) in [5, 5.41) is 0. The molecule has 0 amide bonds. The van der Waals surface area contributed by atoms with Gasteiger partial charge in [-0.25, -0.2) is 0 Å². The van der Waals surface area contributed by atoms with Crippen LogP contribution in [0.15, 0.2) is 42.5 Å². The third-order valence-electron chi connectivity index (χ3n) is 3.45. The van der Waals surface area contributed by atoms with Crippen LogP contribution in [-0.4, -0.2) is 30.3 Å². The van der Waals surface area contributed by atoms with Gasteiger partial charge in [-0.1, -0.05) is 41.9 Å². The summed E-state index contributed by atoms with van der Waals surface area (Å²) in [7, 11) is 1.99. The monoisotopic (exact) mass is 307 g/mol. The average molecular weight is 308 g/mol. The summed E-state index contributed by atoms with van der Waals surface area (Å²) < 4.78 is 0.660. The molecule has 0 bridgehead atoms. The lowest BCUT2D eigenvalue weighted by atomic mass is 10.1. The molecule has 0 aliphatic rings. The normalized spacial score (nSPS) is 12.6. The number of thiophene rings is 1. The Balaban J connectivity index is 1.91. The Morgan fingerprint density at radius 1 is 1.25 bits per heavy atom. The first-order chi connectivity index (χ1) is 9.58. The lowest BCUT2D eigenvalue weighted by molar-refractivity contribution is 0.0874. The summed E-state index contributed by atoms with van der Waals surface area (Å²) in [5.74, 6) is 0.137. The molecule has 20 heavy (non-hydrogen) atoms. The molecule has 0 aliphatic carbocycles. The third kappa shape index (κ3) is 3.92. The Morgan fingerprint density at radius 2 is 1.95 bits per heavy atom. The van der Waals surface area contributed by atoms with Crippen molar-refractivity contribution in [2.24, 2.45) is 0 Å². The molecule has 2 aromatic rings. The number of carbonyl (C=O) groups excluding carboxylic acids is 1. The van der Waals surface area contributed by atoms with Crippen molar-refractivity contribution < 1.29 is 4.79 Å². The summed E-state index contributed by atoms with van der Waals surface area (Å²) in [6.45, 7) is 2.80. The van der Waals surface area contributed by atoms with Gasteiger partial charge in [0.1, 0.15) is 0 Å². The van der Waals surface area contributed by atoms with E-state index in [4.69, 9.17) is 11.6 Å². The first-order valence-electron chi connectivity index (χ1n) is 6.61. The number of ketones is 1. The van der Waals surface area contributed by atoms with Crippen LogP contribution >= 0.6 is 22.9 Å². The summed E-state index contributed by atoms with van der Waals surface area (Å²) in [4.78, 5) is 15.1. The maximum Gasteiger partial charge on any atom is 0.189 e. The highest BCUT2D eigenvalue weighted by Crippen LogP contribution is 2.23. The Morgan fingerprint density at radius 3 is 2.55 bits per heavy atom. The Bertz CT molecular complexity index is 567. The molecule has 4 heteroatoms. The van der Waals surface area contributed by atoms with Gasteiger partial charge < -0.3 is 0 Å². The standard InChI is InChI=1S/C16H18ClNOS/c1-12(16(19)14-8-9-15(17)20-14)18(2)11-10-13-6-4-3-5-7-13/h3-9,12H,10-11H2,1-2H3. The van der Waals surface area contributed by atoms with E-state index in [1.165, 1.54) is 16.9 Å². The average Bonchev–Trinajstić information content (AvgIpc) is 2.91. The zero-order valence-corrected chi connectivity index (χ0v) is 13.2. The number of likely N-dealkylation sites (N-methyl/N-ethyl adjacent to an activating group) is 1. The van der Waals surface area contributed by atoms with Crippen LogP contribution in [0.25, 0.3) is 0 Å². The van der Waals surface area contributed by atoms with E-state index in [1.807, 2.05) is 32.2 Å². The van der Waals surface area contributed by atoms with Gasteiger partial charge in [-0.3, -0.25) is 9.69 Å². The number of rotatable bonds is 6. The number of Topliss-reactive ketones (excluding diaryl/α,β-unsaturated/α-hetero) is 1. The zero-order chi connectivity index (χ0) is 14.5. The molecule has 0 spiro atoms. The minimum atomic E-state index is -0.131. The maximum absolute atomic E-state index is 12.3. The van der Waals surface area contributed by atoms with Crippen molar-refractivity contribution in [2.45, 2.75) is 19.4 Å². The molecule has 0 fully saturated rings. The van der Waals surface area contributed by atoms with Crippen molar-refractivity contribution in [3.8, 4) is 0 Å². The number of benzene rings is 1. The Hall–Kier alpha value is -1.16. The largest absolute Gasteiger partial charge is 0.296 e. The van der Waals surface area contributed by atoms with Crippen LogP contribution in [0, 0.1) is 0 Å². The fraction of sp³-hybridized carbons (Fsp3) is 0.312. The highest BCUT2D eigenvalue weighted by Gasteiger charge is 2.20. The number of nitrogens with zero attached hydrogens (tertiary/aromatic N) is 1. The van der Waals surface area contributed by atoms with Crippen LogP contribution in [0.5, 0.6) is 0 Å². The summed E-state index contributed by atoms with van der Waals surface area (Å²) in [5.41, 5.74) is 1.29. The minimum absolute atomic E-state index is 0.131. The molecule has 2 rings (SSSR count). The highest BCUT2D eigenvalue weighted by molar-refractivity contribution is 7.18. The first kappa shape index (κ1) is 15.2. The number of carbonyl (C=O) groups is 1. The smallest absolute Gasteiger partial charge is 0.189 e. The summed E-state index contributed by atoms with van der Waals surface area (Å²) >= 11 is 7.23. The minimum Gasteiger partial charge on any atom is -0.296 e. The van der Waals surface area contributed by atoms with Gasteiger partial charge in [-0.05, 0) is 38.1 Å². The highest BCUT2D eigenvalue weighted by atomic mass is 35.5. The second-order valence-electron chi connectivity index (χ2n) is 4.86. The van der Waals surface area contributed by atoms with Crippen molar-refractivity contribution in [3.05, 3.63) is 57.2 Å². The quantitative estimate of drug-likeness (QED) is 0.747. The third-order valence-corrected chi connectivity index (χ3v) is 4.70. The van der Waals surface area contributed by atoms with Gasteiger partial charge in [0.15, 0.2) is 5.78 Å². The number of hydrogen-bond acceptors (Lipinski definition) is 3. The second-order valence-corrected chi connectivity index (χ2v) is 6.58. The predicted molar refractivity (Wildman–Crippen MR) is 85.9 cm³/mol. The van der Waals surface area contributed by atoms with Crippen molar-refractivity contribution in [3.63, 3.8) is 0 Å². The Kier molecular flexibility index (Phi) is 5.35. The molecule has 0 N–H and O–H groups in total. The molecule has 2 nitrogen and oxygen atoms in total. The molecular formula is C16H18ClNOS. The maximum atomic E-state index is 12.3. The molecule has 106 valence electrons. The number of hydrogen-bond donors (Lipinski definition) is 0. The lowest BCUT2D eigenvalue weighted by Crippen LogP contribution is -2.37. The van der Waals surface area contributed by atoms with Gasteiger partial charge in [0, 0.05) is 6.54 Å². The fourth-order valence-corrected chi connectivity index (χ4v) is 3.06. The van der Waals surface area contributed by atoms with E-state index >= 15 is 0 Å². The zero-order valence-electron chi connectivity index (χ0n) is 11.7. The topological polar surface area (TPSA) is 20.3 Å². The van der Waals surface area contributed by atoms with Crippen LogP contribution in [-0.2, 0) is 6.42 Å². The van der Waals surface area contributed by atoms with Crippen molar-refractivity contribution in [2.75, 3.05) is 13.6 Å². The molecule has 1 heterocycles. The van der Waals surface area contributed by atoms with Crippen molar-refractivity contribution >= 4 is 28.7 Å². The Labute approximate surface area is 129 Å². The van der Waals surface area contributed by atoms with Gasteiger partial charge in [-0.2, -0.15) is 0 Å². The van der Waals surface area contributed by atoms with Crippen molar-refractivity contribution in [1.82, 2.24) is 4.90 Å². The molecule has 1 aromatic heterocycles. The van der Waals surface area contributed by atoms with Gasteiger partial charge in [0.25, 0.3) is 0 Å². The van der Waals surface area contributed by atoms with E-state index in [1.54, 1.807) is 12.1 Å². The molecule has 0 aliphatic heterocycles. The van der Waals surface area contributed by atoms with Gasteiger partial charge in [0.2, 0.25) is 0 Å². The van der Waals surface area contributed by atoms with Crippen LogP contribution in [0.4, 0.5) is 0 Å². The first-order valence-corrected chi connectivity index (χ1v) is 7.81. The van der Waals surface area contributed by atoms with E-state index in [9.17, 15) is 4.79 Å². The SMILES string of the molecule is CC(C(=O)c1ccc(Cl)s1)N(C)CCc1ccccc1. The second kappa shape index (κ2) is 7.02. The van der Waals surface area contributed by atoms with Crippen LogP contribution in [0.3, 0.4) is 0 Å². The number of halogens is 1. The summed E-state index contributed by atoms with van der Waals surface area (Å²) in [6.07, 6.45) is 0.945. The molecule has 0 saturated carbocycles. The van der Waals surface area contributed by atoms with Crippen LogP contribution in [0.1, 0.15) is 22.2 Å². The van der Waals surface area contributed by atoms with E-state index in [-0.39, 0.29) is 11.8 Å². The predicted octanol–water partition coefficient (Wildman–Crippen LogP) is 4.15. The molecule has 0 saturated heterocycles.